The molecule has 2 aliphatic rings. The summed E-state index contributed by atoms with van der Waals surface area (Å²) in [6, 6.07) is 2.17. The molecule has 3 heteroatoms. The zero-order valence-corrected chi connectivity index (χ0v) is 11.0. The Hall–Kier alpha value is -0.280. The summed E-state index contributed by atoms with van der Waals surface area (Å²) in [5, 5.41) is 0.257. The lowest BCUT2D eigenvalue weighted by Gasteiger charge is -2.19. The lowest BCUT2D eigenvalue weighted by molar-refractivity contribution is 0.0988. The Morgan fingerprint density at radius 3 is 2.94 bits per heavy atom. The molecule has 16 heavy (non-hydrogen) atoms. The third-order valence-electron chi connectivity index (χ3n) is 3.46. The van der Waals surface area contributed by atoms with E-state index in [4.69, 9.17) is 0 Å². The molecule has 1 aromatic heterocycles. The minimum Gasteiger partial charge on any atom is -0.292 e. The van der Waals surface area contributed by atoms with Gasteiger partial charge in [-0.15, -0.1) is 11.3 Å². The first kappa shape index (κ1) is 10.8. The van der Waals surface area contributed by atoms with E-state index in [0.717, 1.165) is 11.3 Å². The van der Waals surface area contributed by atoms with E-state index in [1.165, 1.54) is 48.3 Å². The molecule has 0 saturated carbocycles. The SMILES string of the molecule is O=C(c1cc2c(s1)CCC2)C1CCCCS1. The molecule has 1 saturated heterocycles. The first-order valence-electron chi connectivity index (χ1n) is 6.12. The van der Waals surface area contributed by atoms with Crippen molar-refractivity contribution in [2.75, 3.05) is 5.75 Å². The largest absolute Gasteiger partial charge is 0.292 e. The van der Waals surface area contributed by atoms with Crippen LogP contribution in [0.1, 0.15) is 45.8 Å². The Morgan fingerprint density at radius 1 is 1.25 bits per heavy atom. The molecule has 0 aromatic carbocycles. The van der Waals surface area contributed by atoms with Gasteiger partial charge in [-0.25, -0.2) is 0 Å². The lowest BCUT2D eigenvalue weighted by Crippen LogP contribution is -2.20. The highest BCUT2D eigenvalue weighted by molar-refractivity contribution is 8.00. The third kappa shape index (κ3) is 1.95. The second-order valence-electron chi connectivity index (χ2n) is 4.63. The third-order valence-corrected chi connectivity index (χ3v) is 6.09. The summed E-state index contributed by atoms with van der Waals surface area (Å²) < 4.78 is 0. The Labute approximate surface area is 105 Å². The number of thiophene rings is 1. The minimum absolute atomic E-state index is 0.257. The highest BCUT2D eigenvalue weighted by atomic mass is 32.2. The molecule has 1 aromatic rings. The topological polar surface area (TPSA) is 17.1 Å². The first-order valence-corrected chi connectivity index (χ1v) is 7.98. The van der Waals surface area contributed by atoms with Crippen molar-refractivity contribution >= 4 is 28.9 Å². The van der Waals surface area contributed by atoms with Crippen LogP contribution in [-0.4, -0.2) is 16.8 Å². The average Bonchev–Trinajstić information content (AvgIpc) is 2.89. The number of hydrogen-bond acceptors (Lipinski definition) is 3. The highest BCUT2D eigenvalue weighted by Gasteiger charge is 2.26. The quantitative estimate of drug-likeness (QED) is 0.746. The van der Waals surface area contributed by atoms with Gasteiger partial charge in [-0.3, -0.25) is 4.79 Å². The number of aryl methyl sites for hydroxylation is 2. The van der Waals surface area contributed by atoms with Crippen molar-refractivity contribution in [1.29, 1.82) is 0 Å². The molecule has 1 aliphatic heterocycles. The summed E-state index contributed by atoms with van der Waals surface area (Å²) >= 11 is 3.62. The molecule has 3 rings (SSSR count). The van der Waals surface area contributed by atoms with Gasteiger partial charge in [0.15, 0.2) is 5.78 Å². The summed E-state index contributed by atoms with van der Waals surface area (Å²) in [5.41, 5.74) is 1.45. The molecule has 1 unspecified atom stereocenters. The van der Waals surface area contributed by atoms with E-state index in [1.807, 2.05) is 11.8 Å². The van der Waals surface area contributed by atoms with Gasteiger partial charge in [0, 0.05) is 4.88 Å². The van der Waals surface area contributed by atoms with Gasteiger partial charge in [-0.1, -0.05) is 6.42 Å². The first-order chi connectivity index (χ1) is 7.84. The van der Waals surface area contributed by atoms with Crippen LogP contribution in [0.2, 0.25) is 0 Å². The fourth-order valence-corrected chi connectivity index (χ4v) is 5.15. The van der Waals surface area contributed by atoms with Gasteiger partial charge in [-0.2, -0.15) is 11.8 Å². The highest BCUT2D eigenvalue weighted by Crippen LogP contribution is 2.34. The van der Waals surface area contributed by atoms with E-state index in [1.54, 1.807) is 11.3 Å². The van der Waals surface area contributed by atoms with Crippen LogP contribution in [0.25, 0.3) is 0 Å². The van der Waals surface area contributed by atoms with Crippen molar-refractivity contribution in [3.8, 4) is 0 Å². The molecule has 0 N–H and O–H groups in total. The summed E-state index contributed by atoms with van der Waals surface area (Å²) in [4.78, 5) is 14.8. The molecule has 0 spiro atoms. The fraction of sp³-hybridized carbons (Fsp3) is 0.615. The van der Waals surface area contributed by atoms with E-state index in [2.05, 4.69) is 6.07 Å². The molecule has 1 atom stereocenters. The molecule has 0 radical (unpaired) electrons. The van der Waals surface area contributed by atoms with Crippen LogP contribution < -0.4 is 0 Å². The molecule has 1 nitrogen and oxygen atoms in total. The molecule has 1 fully saturated rings. The number of rotatable bonds is 2. The monoisotopic (exact) mass is 252 g/mol. The Bertz CT molecular complexity index is 381. The van der Waals surface area contributed by atoms with Crippen LogP contribution in [0, 0.1) is 0 Å². The zero-order valence-electron chi connectivity index (χ0n) is 9.33. The molecule has 0 bridgehead atoms. The number of carbonyl (C=O) groups is 1. The maximum absolute atomic E-state index is 12.3. The molecule has 0 amide bonds. The predicted molar refractivity (Wildman–Crippen MR) is 70.8 cm³/mol. The molecule has 1 aliphatic carbocycles. The van der Waals surface area contributed by atoms with Gasteiger partial charge in [0.2, 0.25) is 0 Å². The van der Waals surface area contributed by atoms with Crippen molar-refractivity contribution in [2.45, 2.75) is 43.8 Å². The van der Waals surface area contributed by atoms with E-state index in [-0.39, 0.29) is 5.25 Å². The minimum atomic E-state index is 0.257. The van der Waals surface area contributed by atoms with Gasteiger partial charge in [0.25, 0.3) is 0 Å². The van der Waals surface area contributed by atoms with Crippen molar-refractivity contribution in [1.82, 2.24) is 0 Å². The molecular formula is C13H16OS2. The van der Waals surface area contributed by atoms with Crippen molar-refractivity contribution in [2.24, 2.45) is 0 Å². The Morgan fingerprint density at radius 2 is 2.19 bits per heavy atom. The van der Waals surface area contributed by atoms with Crippen LogP contribution in [0.15, 0.2) is 6.07 Å². The second-order valence-corrected chi connectivity index (χ2v) is 7.08. The lowest BCUT2D eigenvalue weighted by atomic mass is 10.1. The van der Waals surface area contributed by atoms with E-state index >= 15 is 0 Å². The molecular weight excluding hydrogens is 236 g/mol. The predicted octanol–water partition coefficient (Wildman–Crippen LogP) is 3.71. The molecule has 2 heterocycles. The zero-order chi connectivity index (χ0) is 11.0. The number of fused-ring (bicyclic) bond motifs is 1. The Balaban J connectivity index is 1.78. The molecule has 86 valence electrons. The van der Waals surface area contributed by atoms with Crippen LogP contribution in [0.3, 0.4) is 0 Å². The standard InChI is InChI=1S/C13H16OS2/c14-13(11-5-1-2-7-15-11)12-8-9-4-3-6-10(9)16-12/h8,11H,1-7H2. The maximum Gasteiger partial charge on any atom is 0.185 e. The van der Waals surface area contributed by atoms with Crippen LogP contribution >= 0.6 is 23.1 Å². The van der Waals surface area contributed by atoms with Crippen LogP contribution in [-0.2, 0) is 12.8 Å². The van der Waals surface area contributed by atoms with Crippen molar-refractivity contribution < 1.29 is 4.79 Å². The van der Waals surface area contributed by atoms with Gasteiger partial charge in [0.05, 0.1) is 10.1 Å². The summed E-state index contributed by atoms with van der Waals surface area (Å²) in [7, 11) is 0. The summed E-state index contributed by atoms with van der Waals surface area (Å²) in [5.74, 6) is 1.57. The van der Waals surface area contributed by atoms with E-state index in [9.17, 15) is 4.79 Å². The van der Waals surface area contributed by atoms with E-state index in [0.29, 0.717) is 5.78 Å². The van der Waals surface area contributed by atoms with Crippen LogP contribution in [0.5, 0.6) is 0 Å². The van der Waals surface area contributed by atoms with E-state index < -0.39 is 0 Å². The van der Waals surface area contributed by atoms with Crippen LogP contribution in [0.4, 0.5) is 0 Å². The summed E-state index contributed by atoms with van der Waals surface area (Å²) in [6.45, 7) is 0. The number of carbonyl (C=O) groups excluding carboxylic acids is 1. The number of thioether (sulfide) groups is 1. The fourth-order valence-electron chi connectivity index (χ4n) is 2.56. The van der Waals surface area contributed by atoms with Crippen molar-refractivity contribution in [3.05, 3.63) is 21.4 Å². The summed E-state index contributed by atoms with van der Waals surface area (Å²) in [6.07, 6.45) is 7.28. The second kappa shape index (κ2) is 4.53. The Kier molecular flexibility index (Phi) is 3.07. The smallest absolute Gasteiger partial charge is 0.185 e. The average molecular weight is 252 g/mol. The number of ketones is 1. The van der Waals surface area contributed by atoms with Gasteiger partial charge < -0.3 is 0 Å². The van der Waals surface area contributed by atoms with Gasteiger partial charge in [0.1, 0.15) is 0 Å². The van der Waals surface area contributed by atoms with Crippen molar-refractivity contribution in [3.63, 3.8) is 0 Å². The van der Waals surface area contributed by atoms with Gasteiger partial charge >= 0.3 is 0 Å². The maximum atomic E-state index is 12.3. The van der Waals surface area contributed by atoms with Gasteiger partial charge in [-0.05, 0) is 49.5 Å². The number of hydrogen-bond donors (Lipinski definition) is 0. The number of Topliss-reactive ketones (excluding diaryl/α,β-unsaturated/α-hetero) is 1. The normalized spacial score (nSPS) is 24.4.